The first-order valence-corrected chi connectivity index (χ1v) is 9.91. The number of carbonyl (C=O) groups excluding carboxylic acids is 1. The van der Waals surface area contributed by atoms with Crippen LogP contribution in [0.15, 0.2) is 36.4 Å². The van der Waals surface area contributed by atoms with Gasteiger partial charge < -0.3 is 4.90 Å². The van der Waals surface area contributed by atoms with Gasteiger partial charge in [-0.2, -0.15) is 0 Å². The number of nitrogens with zero attached hydrogens (tertiary/aromatic N) is 2. The molecule has 3 rings (SSSR count). The van der Waals surface area contributed by atoms with Crippen LogP contribution in [0.3, 0.4) is 0 Å². The zero-order chi connectivity index (χ0) is 17.2. The van der Waals surface area contributed by atoms with Gasteiger partial charge in [-0.15, -0.1) is 0 Å². The summed E-state index contributed by atoms with van der Waals surface area (Å²) in [4.78, 5) is 18.9. The number of nitrogens with one attached hydrogen (secondary N) is 1. The van der Waals surface area contributed by atoms with Crippen molar-refractivity contribution in [2.75, 3.05) is 25.9 Å². The summed E-state index contributed by atoms with van der Waals surface area (Å²) in [6, 6.07) is 11.4. The minimum Gasteiger partial charge on any atom is -0.337 e. The molecule has 1 aromatic heterocycles. The summed E-state index contributed by atoms with van der Waals surface area (Å²) in [5, 5.41) is 1.00. The number of pyridine rings is 1. The molecule has 2 aromatic rings. The van der Waals surface area contributed by atoms with Crippen molar-refractivity contribution in [3.05, 3.63) is 42.1 Å². The summed E-state index contributed by atoms with van der Waals surface area (Å²) in [6.45, 7) is 1.60. The van der Waals surface area contributed by atoms with Gasteiger partial charge in [-0.05, 0) is 30.9 Å². The van der Waals surface area contributed by atoms with E-state index in [4.69, 9.17) is 0 Å². The van der Waals surface area contributed by atoms with Crippen LogP contribution in [0.4, 0.5) is 0 Å². The van der Waals surface area contributed by atoms with Gasteiger partial charge in [0.15, 0.2) is 0 Å². The number of rotatable bonds is 4. The number of carbonyl (C=O) groups is 1. The van der Waals surface area contributed by atoms with Gasteiger partial charge in [-0.25, -0.2) is 18.1 Å². The van der Waals surface area contributed by atoms with Gasteiger partial charge in [0, 0.05) is 25.0 Å². The van der Waals surface area contributed by atoms with Crippen LogP contribution in [-0.4, -0.2) is 50.1 Å². The Morgan fingerprint density at radius 2 is 2.08 bits per heavy atom. The van der Waals surface area contributed by atoms with Crippen LogP contribution in [0.25, 0.3) is 10.9 Å². The molecule has 7 heteroatoms. The van der Waals surface area contributed by atoms with Crippen LogP contribution < -0.4 is 4.72 Å². The highest BCUT2D eigenvalue weighted by atomic mass is 32.2. The van der Waals surface area contributed by atoms with E-state index < -0.39 is 10.0 Å². The lowest BCUT2D eigenvalue weighted by molar-refractivity contribution is 0.0671. The van der Waals surface area contributed by atoms with E-state index in [1.54, 1.807) is 11.0 Å². The number of piperidine rings is 1. The monoisotopic (exact) mass is 347 g/mol. The summed E-state index contributed by atoms with van der Waals surface area (Å²) in [7, 11) is -3.20. The van der Waals surface area contributed by atoms with Crippen LogP contribution in [0, 0.1) is 5.92 Å². The smallest absolute Gasteiger partial charge is 0.272 e. The fourth-order valence-electron chi connectivity index (χ4n) is 3.03. The first kappa shape index (κ1) is 16.9. The fourth-order valence-corrected chi connectivity index (χ4v) is 3.57. The molecule has 2 heterocycles. The predicted octanol–water partition coefficient (Wildman–Crippen LogP) is 1.64. The van der Waals surface area contributed by atoms with Crippen molar-refractivity contribution >= 4 is 26.8 Å². The van der Waals surface area contributed by atoms with Crippen molar-refractivity contribution in [3.8, 4) is 0 Å². The fraction of sp³-hybridized carbons (Fsp3) is 0.412. The third kappa shape index (κ3) is 4.10. The molecule has 24 heavy (non-hydrogen) atoms. The second kappa shape index (κ2) is 6.86. The Morgan fingerprint density at radius 3 is 2.88 bits per heavy atom. The van der Waals surface area contributed by atoms with Gasteiger partial charge >= 0.3 is 0 Å². The molecule has 0 radical (unpaired) electrons. The topological polar surface area (TPSA) is 79.4 Å². The number of sulfonamides is 1. The van der Waals surface area contributed by atoms with Crippen molar-refractivity contribution in [1.29, 1.82) is 0 Å². The van der Waals surface area contributed by atoms with E-state index >= 15 is 0 Å². The number of hydrogen-bond donors (Lipinski definition) is 1. The average Bonchev–Trinajstić information content (AvgIpc) is 2.58. The number of amides is 1. The number of benzene rings is 1. The van der Waals surface area contributed by atoms with E-state index in [9.17, 15) is 13.2 Å². The van der Waals surface area contributed by atoms with Crippen LogP contribution in [0.1, 0.15) is 23.3 Å². The van der Waals surface area contributed by atoms with Crippen LogP contribution in [0.5, 0.6) is 0 Å². The first-order chi connectivity index (χ1) is 11.4. The second-order valence-electron chi connectivity index (χ2n) is 6.27. The highest BCUT2D eigenvalue weighted by Gasteiger charge is 2.25. The maximum absolute atomic E-state index is 12.7. The van der Waals surface area contributed by atoms with Crippen molar-refractivity contribution in [2.24, 2.45) is 5.92 Å². The molecule has 1 aliphatic rings. The predicted molar refractivity (Wildman–Crippen MR) is 93.2 cm³/mol. The van der Waals surface area contributed by atoms with E-state index in [0.29, 0.717) is 25.3 Å². The van der Waals surface area contributed by atoms with Gasteiger partial charge in [-0.1, -0.05) is 24.3 Å². The molecular weight excluding hydrogens is 326 g/mol. The Bertz CT molecular complexity index is 851. The molecule has 1 atom stereocenters. The molecule has 0 aliphatic carbocycles. The van der Waals surface area contributed by atoms with E-state index in [1.807, 2.05) is 30.3 Å². The maximum Gasteiger partial charge on any atom is 0.272 e. The van der Waals surface area contributed by atoms with Crippen molar-refractivity contribution < 1.29 is 13.2 Å². The van der Waals surface area contributed by atoms with E-state index in [2.05, 4.69) is 9.71 Å². The first-order valence-electron chi connectivity index (χ1n) is 8.02. The minimum atomic E-state index is -3.20. The van der Waals surface area contributed by atoms with Crippen molar-refractivity contribution in [1.82, 2.24) is 14.6 Å². The molecular formula is C17H21N3O3S. The quantitative estimate of drug-likeness (QED) is 0.912. The van der Waals surface area contributed by atoms with E-state index in [0.717, 1.165) is 30.0 Å². The largest absolute Gasteiger partial charge is 0.337 e. The molecule has 1 aromatic carbocycles. The summed E-state index contributed by atoms with van der Waals surface area (Å²) in [5.74, 6) is 0.0442. The molecule has 128 valence electrons. The SMILES string of the molecule is CS(=O)(=O)NC[C@@H]1CCCN(C(=O)c2ccc3ccccc3n2)C1. The molecule has 1 aliphatic heterocycles. The number of aromatic nitrogens is 1. The molecule has 0 saturated carbocycles. The molecule has 0 unspecified atom stereocenters. The highest BCUT2D eigenvalue weighted by Crippen LogP contribution is 2.19. The zero-order valence-electron chi connectivity index (χ0n) is 13.6. The number of fused-ring (bicyclic) bond motifs is 1. The van der Waals surface area contributed by atoms with Gasteiger partial charge in [-0.3, -0.25) is 4.79 Å². The van der Waals surface area contributed by atoms with Crippen LogP contribution in [-0.2, 0) is 10.0 Å². The Balaban J connectivity index is 1.71. The highest BCUT2D eigenvalue weighted by molar-refractivity contribution is 7.88. The molecule has 6 nitrogen and oxygen atoms in total. The maximum atomic E-state index is 12.7. The van der Waals surface area contributed by atoms with Gasteiger partial charge in [0.1, 0.15) is 5.69 Å². The molecule has 1 saturated heterocycles. The zero-order valence-corrected chi connectivity index (χ0v) is 14.4. The van der Waals surface area contributed by atoms with Gasteiger partial charge in [0.2, 0.25) is 10.0 Å². The summed E-state index contributed by atoms with van der Waals surface area (Å²) in [5.41, 5.74) is 1.24. The number of likely N-dealkylation sites (tertiary alicyclic amines) is 1. The molecule has 1 N–H and O–H groups in total. The molecule has 0 spiro atoms. The Kier molecular flexibility index (Phi) is 4.82. The normalized spacial score (nSPS) is 18.7. The third-order valence-electron chi connectivity index (χ3n) is 4.26. The summed E-state index contributed by atoms with van der Waals surface area (Å²) >= 11 is 0. The minimum absolute atomic E-state index is 0.0928. The lowest BCUT2D eigenvalue weighted by Gasteiger charge is -2.32. The molecule has 0 bridgehead atoms. The molecule has 1 amide bonds. The van der Waals surface area contributed by atoms with Crippen molar-refractivity contribution in [3.63, 3.8) is 0 Å². The third-order valence-corrected chi connectivity index (χ3v) is 4.95. The Morgan fingerprint density at radius 1 is 1.29 bits per heavy atom. The average molecular weight is 347 g/mol. The number of para-hydroxylation sites is 1. The van der Waals surface area contributed by atoms with Crippen LogP contribution >= 0.6 is 0 Å². The second-order valence-corrected chi connectivity index (χ2v) is 8.10. The number of hydrogen-bond acceptors (Lipinski definition) is 4. The van der Waals surface area contributed by atoms with Gasteiger partial charge in [0.05, 0.1) is 11.8 Å². The standard InChI is InChI=1S/C17H21N3O3S/c1-24(22,23)18-11-13-5-4-10-20(12-13)17(21)16-9-8-14-6-2-3-7-15(14)19-16/h2-3,6-9,13,18H,4-5,10-12H2,1H3/t13-/m0/s1. The van der Waals surface area contributed by atoms with Crippen molar-refractivity contribution in [2.45, 2.75) is 12.8 Å². The summed E-state index contributed by atoms with van der Waals surface area (Å²) < 4.78 is 25.0. The Labute approximate surface area is 141 Å². The summed E-state index contributed by atoms with van der Waals surface area (Å²) in [6.07, 6.45) is 2.94. The van der Waals surface area contributed by atoms with Crippen LogP contribution in [0.2, 0.25) is 0 Å². The van der Waals surface area contributed by atoms with Gasteiger partial charge in [0.25, 0.3) is 5.91 Å². The lowest BCUT2D eigenvalue weighted by atomic mass is 9.98. The Hall–Kier alpha value is -1.99. The lowest BCUT2D eigenvalue weighted by Crippen LogP contribution is -2.43. The van der Waals surface area contributed by atoms with E-state index in [-0.39, 0.29) is 11.8 Å². The molecule has 1 fully saturated rings. The van der Waals surface area contributed by atoms with E-state index in [1.165, 1.54) is 0 Å².